The first-order valence-corrected chi connectivity index (χ1v) is 22.0. The summed E-state index contributed by atoms with van der Waals surface area (Å²) < 4.78 is 0. The van der Waals surface area contributed by atoms with E-state index in [1.807, 2.05) is 12.1 Å². The molecule has 0 heterocycles. The zero-order chi connectivity index (χ0) is 39.6. The van der Waals surface area contributed by atoms with Crippen LogP contribution in [0.5, 0.6) is 0 Å². The first-order valence-electron chi connectivity index (χ1n) is 22.0. The van der Waals surface area contributed by atoms with Crippen LogP contribution in [0.25, 0.3) is 55.6 Å². The second-order valence-electron chi connectivity index (χ2n) is 16.9. The van der Waals surface area contributed by atoms with E-state index in [1.54, 1.807) is 5.56 Å². The molecule has 0 radical (unpaired) electrons. The number of fused-ring (bicyclic) bond motifs is 3. The maximum absolute atomic E-state index is 9.56. The molecule has 0 saturated carbocycles. The highest BCUT2D eigenvalue weighted by Crippen LogP contribution is 2.55. The van der Waals surface area contributed by atoms with E-state index >= 15 is 0 Å². The van der Waals surface area contributed by atoms with Crippen LogP contribution in [0.4, 0.5) is 0 Å². The van der Waals surface area contributed by atoms with Gasteiger partial charge < -0.3 is 0 Å². The van der Waals surface area contributed by atoms with E-state index in [-0.39, 0.29) is 5.41 Å². The van der Waals surface area contributed by atoms with Crippen molar-refractivity contribution in [1.82, 2.24) is 0 Å². The van der Waals surface area contributed by atoms with Gasteiger partial charge in [-0.3, -0.25) is 0 Å². The Morgan fingerprint density at radius 2 is 0.772 bits per heavy atom. The summed E-state index contributed by atoms with van der Waals surface area (Å²) in [5.41, 5.74) is 19.0. The summed E-state index contributed by atoms with van der Waals surface area (Å²) in [7, 11) is 0. The molecule has 0 aromatic heterocycles. The molecule has 7 rings (SSSR count). The highest BCUT2D eigenvalue weighted by molar-refractivity contribution is 5.87. The van der Waals surface area contributed by atoms with Crippen LogP contribution in [0.3, 0.4) is 0 Å². The van der Waals surface area contributed by atoms with Gasteiger partial charge in [0.05, 0.1) is 11.6 Å². The molecule has 0 bridgehead atoms. The summed E-state index contributed by atoms with van der Waals surface area (Å²) in [6, 6.07) is 49.9. The van der Waals surface area contributed by atoms with Gasteiger partial charge in [-0.2, -0.15) is 5.26 Å². The lowest BCUT2D eigenvalue weighted by molar-refractivity contribution is 0.398. The third-order valence-electron chi connectivity index (χ3n) is 12.6. The quantitative estimate of drug-likeness (QED) is 0.0803. The molecule has 6 aromatic carbocycles. The van der Waals surface area contributed by atoms with Crippen molar-refractivity contribution >= 4 is 0 Å². The Hall–Kier alpha value is -5.19. The second-order valence-corrected chi connectivity index (χ2v) is 16.9. The van der Waals surface area contributed by atoms with Gasteiger partial charge >= 0.3 is 0 Å². The molecule has 0 atom stereocenters. The summed E-state index contributed by atoms with van der Waals surface area (Å²) in [6.45, 7) is 9.04. The Morgan fingerprint density at radius 1 is 0.386 bits per heavy atom. The molecule has 6 aromatic rings. The van der Waals surface area contributed by atoms with Gasteiger partial charge in [0.1, 0.15) is 0 Å². The molecule has 1 aliphatic carbocycles. The fourth-order valence-electron chi connectivity index (χ4n) is 9.33. The van der Waals surface area contributed by atoms with E-state index in [9.17, 15) is 5.26 Å². The minimum absolute atomic E-state index is 0.0293. The number of unbranched alkanes of at least 4 members (excludes halogenated alkanes) is 10. The summed E-state index contributed by atoms with van der Waals surface area (Å²) in [6.07, 6.45) is 18.2. The fraction of sp³-hybridized carbons (Fsp3) is 0.339. The van der Waals surface area contributed by atoms with Gasteiger partial charge in [-0.05, 0) is 130 Å². The van der Waals surface area contributed by atoms with Crippen molar-refractivity contribution < 1.29 is 0 Å². The predicted molar refractivity (Wildman–Crippen MR) is 245 cm³/mol. The average Bonchev–Trinajstić information content (AvgIpc) is 3.51. The van der Waals surface area contributed by atoms with Crippen molar-refractivity contribution in [2.45, 2.75) is 123 Å². The van der Waals surface area contributed by atoms with Gasteiger partial charge in [0.2, 0.25) is 0 Å². The smallest absolute Gasteiger partial charge is 0.0991 e. The highest BCUT2D eigenvalue weighted by atomic mass is 14.5. The molecule has 0 N–H and O–H groups in total. The van der Waals surface area contributed by atoms with Gasteiger partial charge in [0, 0.05) is 5.41 Å². The summed E-state index contributed by atoms with van der Waals surface area (Å²) in [5.74, 6) is 0. The molecule has 1 aliphatic rings. The van der Waals surface area contributed by atoms with Crippen LogP contribution in [0.1, 0.15) is 132 Å². The van der Waals surface area contributed by atoms with Crippen LogP contribution in [0.2, 0.25) is 0 Å². The van der Waals surface area contributed by atoms with Crippen molar-refractivity contribution in [3.05, 3.63) is 155 Å². The maximum Gasteiger partial charge on any atom is 0.0991 e. The number of hydrogen-bond acceptors (Lipinski definition) is 1. The second kappa shape index (κ2) is 18.8. The van der Waals surface area contributed by atoms with Crippen molar-refractivity contribution in [3.8, 4) is 61.7 Å². The zero-order valence-corrected chi connectivity index (χ0v) is 35.0. The predicted octanol–water partition coefficient (Wildman–Crippen LogP) is 16.6. The highest BCUT2D eigenvalue weighted by Gasteiger charge is 2.42. The van der Waals surface area contributed by atoms with E-state index in [4.69, 9.17) is 0 Å². The van der Waals surface area contributed by atoms with Crippen molar-refractivity contribution in [3.63, 3.8) is 0 Å². The number of aryl methyl sites for hydroxylation is 2. The largest absolute Gasteiger partial charge is 0.192 e. The third kappa shape index (κ3) is 9.18. The van der Waals surface area contributed by atoms with E-state index in [0.717, 1.165) is 5.56 Å². The monoisotopic (exact) mass is 747 g/mol. The molecule has 290 valence electrons. The summed E-state index contributed by atoms with van der Waals surface area (Å²) in [4.78, 5) is 0. The molecule has 0 spiro atoms. The van der Waals surface area contributed by atoms with Gasteiger partial charge in [-0.1, -0.05) is 193 Å². The molecule has 0 fully saturated rings. The summed E-state index contributed by atoms with van der Waals surface area (Å²) in [5, 5.41) is 9.56. The Kier molecular flexibility index (Phi) is 13.2. The van der Waals surface area contributed by atoms with Crippen LogP contribution >= 0.6 is 0 Å². The Morgan fingerprint density at radius 3 is 1.30 bits per heavy atom. The number of hydrogen-bond donors (Lipinski definition) is 0. The first kappa shape index (κ1) is 40.0. The molecular formula is C56H61N. The fourth-order valence-corrected chi connectivity index (χ4v) is 9.33. The molecule has 0 aliphatic heterocycles. The molecular weight excluding hydrogens is 687 g/mol. The third-order valence-corrected chi connectivity index (χ3v) is 12.6. The molecule has 1 nitrogen and oxygen atoms in total. The van der Waals surface area contributed by atoms with Crippen LogP contribution in [0.15, 0.2) is 127 Å². The maximum atomic E-state index is 9.56. The van der Waals surface area contributed by atoms with Crippen LogP contribution < -0.4 is 0 Å². The lowest BCUT2D eigenvalue weighted by Gasteiger charge is -2.33. The average molecular weight is 748 g/mol. The summed E-state index contributed by atoms with van der Waals surface area (Å²) >= 11 is 0. The van der Waals surface area contributed by atoms with Crippen LogP contribution in [-0.2, 0) is 5.41 Å². The number of benzene rings is 6. The SMILES string of the molecule is CCCCCCCCC1(CCCCCCCC)c2cc(C)ccc2-c2ccc(-c3cc(-c4ccc(C#N)cc4)cc(-c4ccc(-c5ccc(C)cc5)cc4)c3)cc21. The minimum Gasteiger partial charge on any atom is -0.192 e. The standard InChI is InChI=1S/C56H61N/c1-5-7-9-11-13-15-33-56(34-16-14-12-10-8-6-2)54-35-42(4)19-31-52(54)53-32-30-48(39-55(53)56)51-37-49(46-24-20-43(40-57)21-25-46)36-50(38-51)47-28-26-45(27-29-47)44-22-17-41(3)18-23-44/h17-32,35-39H,5-16,33-34H2,1-4H3. The van der Waals surface area contributed by atoms with Crippen molar-refractivity contribution in [2.75, 3.05) is 0 Å². The van der Waals surface area contributed by atoms with Gasteiger partial charge in [-0.15, -0.1) is 0 Å². The molecule has 1 heteroatoms. The van der Waals surface area contributed by atoms with Crippen LogP contribution in [-0.4, -0.2) is 0 Å². The molecule has 0 amide bonds. The lowest BCUT2D eigenvalue weighted by atomic mass is 9.70. The number of nitrogens with zero attached hydrogens (tertiary/aromatic N) is 1. The Labute approximate surface area is 343 Å². The number of nitriles is 1. The van der Waals surface area contributed by atoms with Gasteiger partial charge in [0.25, 0.3) is 0 Å². The van der Waals surface area contributed by atoms with E-state index in [0.29, 0.717) is 5.56 Å². The minimum atomic E-state index is 0.0293. The Balaban J connectivity index is 1.31. The zero-order valence-electron chi connectivity index (χ0n) is 35.0. The van der Waals surface area contributed by atoms with Crippen molar-refractivity contribution in [1.29, 1.82) is 5.26 Å². The van der Waals surface area contributed by atoms with Gasteiger partial charge in [0.15, 0.2) is 0 Å². The van der Waals surface area contributed by atoms with E-state index in [1.165, 1.54) is 157 Å². The lowest BCUT2D eigenvalue weighted by Crippen LogP contribution is -2.25. The van der Waals surface area contributed by atoms with E-state index < -0.39 is 0 Å². The molecule has 57 heavy (non-hydrogen) atoms. The topological polar surface area (TPSA) is 23.8 Å². The normalized spacial score (nSPS) is 12.6. The molecule has 0 unspecified atom stereocenters. The van der Waals surface area contributed by atoms with Crippen molar-refractivity contribution in [2.24, 2.45) is 0 Å². The first-order chi connectivity index (χ1) is 27.9. The van der Waals surface area contributed by atoms with Gasteiger partial charge in [-0.25, -0.2) is 0 Å². The van der Waals surface area contributed by atoms with E-state index in [2.05, 4.69) is 149 Å². The van der Waals surface area contributed by atoms with Crippen LogP contribution in [0, 0.1) is 25.2 Å². The molecule has 0 saturated heterocycles. The number of rotatable bonds is 18. The Bertz CT molecular complexity index is 2270.